The molecule has 5 nitrogen and oxygen atoms in total. The topological polar surface area (TPSA) is 56.7 Å². The number of hydrogen-bond donors (Lipinski definition) is 1. The van der Waals surface area contributed by atoms with Crippen LogP contribution in [0.5, 0.6) is 5.75 Å². The molecule has 8 heteroatoms. The Balaban J connectivity index is 1.59. The van der Waals surface area contributed by atoms with E-state index in [1.807, 2.05) is 24.3 Å². The number of phenolic OH excluding ortho intramolecular Hbond substituents is 1. The molecule has 0 aliphatic carbocycles. The minimum Gasteiger partial charge on any atom is -0.507 e. The molecule has 0 radical (unpaired) electrons. The lowest BCUT2D eigenvalue weighted by Gasteiger charge is -2.34. The average Bonchev–Trinajstić information content (AvgIpc) is 3.24. The van der Waals surface area contributed by atoms with Crippen LogP contribution in [-0.2, 0) is 4.79 Å². The van der Waals surface area contributed by atoms with Crippen LogP contribution in [0.1, 0.15) is 0 Å². The number of aromatic nitrogens is 1. The van der Waals surface area contributed by atoms with Crippen LogP contribution in [0.4, 0.5) is 9.39 Å². The van der Waals surface area contributed by atoms with Crippen LogP contribution in [0.15, 0.2) is 55.1 Å². The summed E-state index contributed by atoms with van der Waals surface area (Å²) in [5, 5.41) is 13.8. The van der Waals surface area contributed by atoms with Gasteiger partial charge in [-0.3, -0.25) is 4.79 Å². The molecule has 1 saturated heterocycles. The van der Waals surface area contributed by atoms with E-state index in [2.05, 4.69) is 15.9 Å². The maximum Gasteiger partial charge on any atom is 0.246 e. The third-order valence-corrected chi connectivity index (χ3v) is 7.08. The van der Waals surface area contributed by atoms with Crippen LogP contribution in [0, 0.1) is 5.82 Å². The molecule has 0 spiro atoms. The fourth-order valence-corrected chi connectivity index (χ4v) is 5.43. The molecular formula is C24H19ClFN3O2S. The third-order valence-electron chi connectivity index (χ3n) is 5.86. The van der Waals surface area contributed by atoms with Gasteiger partial charge in [-0.25, -0.2) is 4.39 Å². The van der Waals surface area contributed by atoms with Crippen molar-refractivity contribution >= 4 is 55.7 Å². The molecule has 32 heavy (non-hydrogen) atoms. The van der Waals surface area contributed by atoms with Crippen LogP contribution in [0.2, 0.25) is 5.02 Å². The van der Waals surface area contributed by atoms with Crippen molar-refractivity contribution in [1.82, 2.24) is 9.27 Å². The number of nitrogens with zero attached hydrogens (tertiary/aromatic N) is 3. The molecule has 0 atom stereocenters. The number of phenols is 1. The van der Waals surface area contributed by atoms with Gasteiger partial charge in [0.1, 0.15) is 16.3 Å². The molecule has 0 bridgehead atoms. The highest BCUT2D eigenvalue weighted by molar-refractivity contribution is 7.11. The highest BCUT2D eigenvalue weighted by Crippen LogP contribution is 2.45. The fourth-order valence-electron chi connectivity index (χ4n) is 4.24. The standard InChI is InChI=1S/C24H19ClFN3O2S/c1-2-19(31)28-9-11-29(12-10-28)24-16-13-17(25)21(22(26)23(16)27-32-24)20-15-6-4-3-5-14(15)7-8-18(20)30/h2-8,13,30H,1,9-12H2. The number of anilines is 1. The predicted octanol–water partition coefficient (Wildman–Crippen LogP) is 5.45. The Labute approximate surface area is 193 Å². The van der Waals surface area contributed by atoms with Crippen molar-refractivity contribution in [2.24, 2.45) is 0 Å². The fraction of sp³-hybridized carbons (Fsp3) is 0.167. The molecule has 5 rings (SSSR count). The Morgan fingerprint density at radius 2 is 1.88 bits per heavy atom. The van der Waals surface area contributed by atoms with Gasteiger partial charge in [-0.05, 0) is 40.5 Å². The molecule has 1 fully saturated rings. The van der Waals surface area contributed by atoms with Crippen molar-refractivity contribution in [3.8, 4) is 16.9 Å². The first-order valence-corrected chi connectivity index (χ1v) is 11.3. The van der Waals surface area contributed by atoms with Gasteiger partial charge in [-0.15, -0.1) is 0 Å². The van der Waals surface area contributed by atoms with Crippen molar-refractivity contribution in [3.63, 3.8) is 0 Å². The minimum absolute atomic E-state index is 0.0395. The van der Waals surface area contributed by atoms with Crippen molar-refractivity contribution in [1.29, 1.82) is 0 Å². The first kappa shape index (κ1) is 20.7. The highest BCUT2D eigenvalue weighted by atomic mass is 35.5. The summed E-state index contributed by atoms with van der Waals surface area (Å²) in [7, 11) is 0. The van der Waals surface area contributed by atoms with E-state index >= 15 is 4.39 Å². The Kier molecular flexibility index (Phi) is 5.23. The van der Waals surface area contributed by atoms with Crippen molar-refractivity contribution in [2.45, 2.75) is 0 Å². The van der Waals surface area contributed by atoms with Crippen molar-refractivity contribution in [2.75, 3.05) is 31.1 Å². The van der Waals surface area contributed by atoms with E-state index in [0.717, 1.165) is 10.4 Å². The summed E-state index contributed by atoms with van der Waals surface area (Å²) in [5.41, 5.74) is 0.728. The largest absolute Gasteiger partial charge is 0.507 e. The van der Waals surface area contributed by atoms with E-state index in [-0.39, 0.29) is 27.8 Å². The number of amides is 1. The van der Waals surface area contributed by atoms with E-state index < -0.39 is 5.82 Å². The second-order valence-corrected chi connectivity index (χ2v) is 8.79. The van der Waals surface area contributed by atoms with Crippen LogP contribution >= 0.6 is 23.1 Å². The molecule has 1 amide bonds. The monoisotopic (exact) mass is 467 g/mol. The summed E-state index contributed by atoms with van der Waals surface area (Å²) in [6.07, 6.45) is 1.32. The summed E-state index contributed by atoms with van der Waals surface area (Å²) >= 11 is 7.82. The van der Waals surface area contributed by atoms with Gasteiger partial charge in [-0.2, -0.15) is 4.37 Å². The zero-order valence-electron chi connectivity index (χ0n) is 17.0. The Hall–Kier alpha value is -3.16. The van der Waals surface area contributed by atoms with Gasteiger partial charge in [0.05, 0.1) is 5.02 Å². The molecule has 0 saturated carbocycles. The Morgan fingerprint density at radius 1 is 1.12 bits per heavy atom. The molecule has 0 unspecified atom stereocenters. The van der Waals surface area contributed by atoms with Crippen LogP contribution in [0.3, 0.4) is 0 Å². The summed E-state index contributed by atoms with van der Waals surface area (Å²) < 4.78 is 20.2. The zero-order chi connectivity index (χ0) is 22.4. The second kappa shape index (κ2) is 8.07. The molecular weight excluding hydrogens is 449 g/mol. The highest BCUT2D eigenvalue weighted by Gasteiger charge is 2.26. The lowest BCUT2D eigenvalue weighted by molar-refractivity contribution is -0.126. The summed E-state index contributed by atoms with van der Waals surface area (Å²) in [6, 6.07) is 12.5. The van der Waals surface area contributed by atoms with Gasteiger partial charge >= 0.3 is 0 Å². The van der Waals surface area contributed by atoms with E-state index in [0.29, 0.717) is 42.5 Å². The number of halogens is 2. The quantitative estimate of drug-likeness (QED) is 0.407. The average molecular weight is 468 g/mol. The number of fused-ring (bicyclic) bond motifs is 2. The Bertz CT molecular complexity index is 1380. The van der Waals surface area contributed by atoms with Gasteiger partial charge in [0, 0.05) is 42.7 Å². The number of rotatable bonds is 3. The van der Waals surface area contributed by atoms with E-state index in [9.17, 15) is 9.90 Å². The van der Waals surface area contributed by atoms with Gasteiger partial charge in [0.25, 0.3) is 0 Å². The zero-order valence-corrected chi connectivity index (χ0v) is 18.6. The lowest BCUT2D eigenvalue weighted by atomic mass is 9.96. The molecule has 1 aromatic heterocycles. The van der Waals surface area contributed by atoms with E-state index in [1.165, 1.54) is 17.6 Å². The smallest absolute Gasteiger partial charge is 0.246 e. The van der Waals surface area contributed by atoms with Gasteiger partial charge < -0.3 is 14.9 Å². The number of carbonyl (C=O) groups is 1. The summed E-state index contributed by atoms with van der Waals surface area (Å²) in [6.45, 7) is 5.88. The first-order chi connectivity index (χ1) is 15.5. The molecule has 1 aliphatic heterocycles. The molecule has 1 aliphatic rings. The van der Waals surface area contributed by atoms with Crippen LogP contribution in [-0.4, -0.2) is 46.5 Å². The van der Waals surface area contributed by atoms with Gasteiger partial charge in [0.15, 0.2) is 5.82 Å². The van der Waals surface area contributed by atoms with E-state index in [1.54, 1.807) is 23.1 Å². The molecule has 1 N–H and O–H groups in total. The number of carbonyl (C=O) groups excluding carboxylic acids is 1. The number of piperazine rings is 1. The van der Waals surface area contributed by atoms with Crippen LogP contribution < -0.4 is 4.90 Å². The number of benzene rings is 3. The molecule has 3 aromatic carbocycles. The lowest BCUT2D eigenvalue weighted by Crippen LogP contribution is -2.48. The predicted molar refractivity (Wildman–Crippen MR) is 128 cm³/mol. The second-order valence-electron chi connectivity index (χ2n) is 7.63. The molecule has 162 valence electrons. The van der Waals surface area contributed by atoms with Crippen LogP contribution in [0.25, 0.3) is 32.8 Å². The van der Waals surface area contributed by atoms with Gasteiger partial charge in [0.2, 0.25) is 5.91 Å². The number of hydrogen-bond acceptors (Lipinski definition) is 5. The van der Waals surface area contributed by atoms with Crippen molar-refractivity contribution in [3.05, 3.63) is 66.0 Å². The maximum absolute atomic E-state index is 15.8. The van der Waals surface area contributed by atoms with E-state index in [4.69, 9.17) is 11.6 Å². The van der Waals surface area contributed by atoms with Gasteiger partial charge in [-0.1, -0.05) is 48.5 Å². The first-order valence-electron chi connectivity index (χ1n) is 10.1. The third kappa shape index (κ3) is 3.29. The Morgan fingerprint density at radius 3 is 2.62 bits per heavy atom. The molecule has 2 heterocycles. The SMILES string of the molecule is C=CC(=O)N1CCN(c2snc3c(F)c(-c4c(O)ccc5ccccc45)c(Cl)cc23)CC1. The number of aromatic hydroxyl groups is 1. The normalized spacial score (nSPS) is 14.3. The summed E-state index contributed by atoms with van der Waals surface area (Å²) in [4.78, 5) is 15.7. The summed E-state index contributed by atoms with van der Waals surface area (Å²) in [5.74, 6) is -0.683. The minimum atomic E-state index is -0.554. The molecule has 4 aromatic rings. The van der Waals surface area contributed by atoms with Crippen molar-refractivity contribution < 1.29 is 14.3 Å². The maximum atomic E-state index is 15.8.